The molecule has 1 fully saturated rings. The molecule has 1 saturated heterocycles. The van der Waals surface area contributed by atoms with E-state index in [-0.39, 0.29) is 41.5 Å². The molecule has 11 nitrogen and oxygen atoms in total. The van der Waals surface area contributed by atoms with Gasteiger partial charge in [0, 0.05) is 49.4 Å². The van der Waals surface area contributed by atoms with E-state index in [0.717, 1.165) is 25.7 Å². The van der Waals surface area contributed by atoms with E-state index in [1.807, 2.05) is 0 Å². The van der Waals surface area contributed by atoms with Crippen molar-refractivity contribution >= 4 is 35.1 Å². The maximum Gasteiger partial charge on any atom is 0.407 e. The third-order valence-corrected chi connectivity index (χ3v) is 5.82. The van der Waals surface area contributed by atoms with Crippen LogP contribution in [-0.4, -0.2) is 73.6 Å². The van der Waals surface area contributed by atoms with Gasteiger partial charge >= 0.3 is 6.09 Å². The Morgan fingerprint density at radius 3 is 2.56 bits per heavy atom. The van der Waals surface area contributed by atoms with E-state index < -0.39 is 22.7 Å². The van der Waals surface area contributed by atoms with Crippen LogP contribution in [0, 0.1) is 10.1 Å². The number of nitrogens with zero attached hydrogens (tertiary/aromatic N) is 2. The molecule has 192 valence electrons. The van der Waals surface area contributed by atoms with Crippen LogP contribution in [0.25, 0.3) is 0 Å². The van der Waals surface area contributed by atoms with Crippen molar-refractivity contribution in [3.05, 3.63) is 74.3 Å². The molecule has 0 atom stereocenters. The van der Waals surface area contributed by atoms with Crippen LogP contribution in [-0.2, 0) is 20.8 Å². The van der Waals surface area contributed by atoms with Gasteiger partial charge in [-0.1, -0.05) is 23.7 Å². The Bertz CT molecular complexity index is 1110. The summed E-state index contributed by atoms with van der Waals surface area (Å²) in [4.78, 5) is 49.9. The minimum Gasteiger partial charge on any atom is -0.450 e. The number of nitro groups is 1. The van der Waals surface area contributed by atoms with Gasteiger partial charge < -0.3 is 20.1 Å². The molecular weight excluding hydrogens is 492 g/mol. The van der Waals surface area contributed by atoms with Gasteiger partial charge in [-0.2, -0.15) is 0 Å². The highest BCUT2D eigenvalue weighted by Crippen LogP contribution is 2.24. The lowest BCUT2D eigenvalue weighted by atomic mass is 9.97. The van der Waals surface area contributed by atoms with Crippen LogP contribution in [0.2, 0.25) is 5.02 Å². The molecule has 1 heterocycles. The number of carbonyl (C=O) groups excluding carboxylic acids is 3. The summed E-state index contributed by atoms with van der Waals surface area (Å²) in [5.74, 6) is -1.03. The van der Waals surface area contributed by atoms with Gasteiger partial charge in [0.25, 0.3) is 5.69 Å². The molecule has 0 aromatic heterocycles. The number of ether oxygens (including phenoxy) is 2. The average Bonchev–Trinajstić information content (AvgIpc) is 2.89. The third-order valence-electron chi connectivity index (χ3n) is 5.49. The standard InChI is InChI=1S/C24H27ClN4O7/c25-21-5-2-1-4-19(21)23(31)20-14-18(29(33)34)7-6-17(20)15-26-22(30)16-27-24(32)36-11-3-8-28-9-12-35-13-10-28/h1-2,4-7,14H,3,8-13,15-16H2,(H,26,30)(H,27,32). The summed E-state index contributed by atoms with van der Waals surface area (Å²) < 4.78 is 10.4. The minimum absolute atomic E-state index is 0.0465. The highest BCUT2D eigenvalue weighted by molar-refractivity contribution is 6.35. The average molecular weight is 519 g/mol. The number of alkyl carbamates (subject to hydrolysis) is 1. The number of halogens is 1. The van der Waals surface area contributed by atoms with Crippen molar-refractivity contribution in [2.24, 2.45) is 0 Å². The van der Waals surface area contributed by atoms with Crippen LogP contribution >= 0.6 is 11.6 Å². The first-order valence-corrected chi connectivity index (χ1v) is 11.8. The van der Waals surface area contributed by atoms with Crippen LogP contribution in [0.3, 0.4) is 0 Å². The molecule has 1 aliphatic heterocycles. The number of benzene rings is 2. The summed E-state index contributed by atoms with van der Waals surface area (Å²) in [6, 6.07) is 10.2. The molecule has 0 unspecified atom stereocenters. The predicted octanol–water partition coefficient (Wildman–Crippen LogP) is 2.54. The third kappa shape index (κ3) is 8.01. The van der Waals surface area contributed by atoms with Gasteiger partial charge in [-0.15, -0.1) is 0 Å². The van der Waals surface area contributed by atoms with Gasteiger partial charge in [-0.05, 0) is 30.2 Å². The normalized spacial score (nSPS) is 13.6. The summed E-state index contributed by atoms with van der Waals surface area (Å²) >= 11 is 6.12. The summed E-state index contributed by atoms with van der Waals surface area (Å²) in [6.07, 6.45) is -0.0424. The number of nitro benzene ring substituents is 1. The number of ketones is 1. The second-order valence-electron chi connectivity index (χ2n) is 7.98. The summed E-state index contributed by atoms with van der Waals surface area (Å²) in [6.45, 7) is 3.71. The molecule has 0 spiro atoms. The zero-order valence-electron chi connectivity index (χ0n) is 19.5. The van der Waals surface area contributed by atoms with E-state index in [9.17, 15) is 24.5 Å². The highest BCUT2D eigenvalue weighted by Gasteiger charge is 2.20. The first-order chi connectivity index (χ1) is 17.3. The lowest BCUT2D eigenvalue weighted by Gasteiger charge is -2.26. The fourth-order valence-electron chi connectivity index (χ4n) is 3.57. The number of non-ortho nitro benzene ring substituents is 1. The predicted molar refractivity (Wildman–Crippen MR) is 131 cm³/mol. The maximum atomic E-state index is 13.0. The van der Waals surface area contributed by atoms with Crippen molar-refractivity contribution in [1.29, 1.82) is 0 Å². The van der Waals surface area contributed by atoms with Gasteiger partial charge in [0.05, 0.1) is 29.8 Å². The van der Waals surface area contributed by atoms with Crippen LogP contribution in [0.4, 0.5) is 10.5 Å². The Kier molecular flexibility index (Phi) is 10.2. The molecule has 2 aromatic rings. The van der Waals surface area contributed by atoms with Crippen molar-refractivity contribution in [3.63, 3.8) is 0 Å². The number of hydrogen-bond acceptors (Lipinski definition) is 8. The Hall–Kier alpha value is -3.54. The molecular formula is C24H27ClN4O7. The summed E-state index contributed by atoms with van der Waals surface area (Å²) in [5.41, 5.74) is 0.332. The molecule has 2 N–H and O–H groups in total. The fourth-order valence-corrected chi connectivity index (χ4v) is 3.79. The number of rotatable bonds is 11. The van der Waals surface area contributed by atoms with Crippen LogP contribution in [0.5, 0.6) is 0 Å². The van der Waals surface area contributed by atoms with Gasteiger partial charge in [0.15, 0.2) is 5.78 Å². The molecule has 0 bridgehead atoms. The van der Waals surface area contributed by atoms with E-state index in [1.165, 1.54) is 18.2 Å². The highest BCUT2D eigenvalue weighted by atomic mass is 35.5. The van der Waals surface area contributed by atoms with E-state index in [4.69, 9.17) is 21.1 Å². The van der Waals surface area contributed by atoms with Crippen LogP contribution < -0.4 is 10.6 Å². The van der Waals surface area contributed by atoms with Crippen molar-refractivity contribution < 1.29 is 28.8 Å². The SMILES string of the molecule is O=C(CNC(=O)OCCCN1CCOCC1)NCc1ccc([N+](=O)[O-])cc1C(=O)c1ccccc1Cl. The Morgan fingerprint density at radius 2 is 1.83 bits per heavy atom. The molecule has 0 radical (unpaired) electrons. The topological polar surface area (TPSA) is 140 Å². The number of morpholine rings is 1. The van der Waals surface area contributed by atoms with Gasteiger partial charge in [-0.25, -0.2) is 4.79 Å². The maximum absolute atomic E-state index is 13.0. The van der Waals surface area contributed by atoms with Gasteiger partial charge in [0.2, 0.25) is 5.91 Å². The van der Waals surface area contributed by atoms with E-state index >= 15 is 0 Å². The number of carbonyl (C=O) groups is 3. The zero-order chi connectivity index (χ0) is 25.9. The second-order valence-corrected chi connectivity index (χ2v) is 8.39. The minimum atomic E-state index is -0.711. The zero-order valence-corrected chi connectivity index (χ0v) is 20.3. The Morgan fingerprint density at radius 1 is 1.08 bits per heavy atom. The first kappa shape index (κ1) is 27.1. The van der Waals surface area contributed by atoms with E-state index in [2.05, 4.69) is 15.5 Å². The quantitative estimate of drug-likeness (QED) is 0.200. The van der Waals surface area contributed by atoms with Gasteiger partial charge in [0.1, 0.15) is 6.54 Å². The largest absolute Gasteiger partial charge is 0.450 e. The number of hydrogen-bond donors (Lipinski definition) is 2. The van der Waals surface area contributed by atoms with Crippen molar-refractivity contribution in [1.82, 2.24) is 15.5 Å². The van der Waals surface area contributed by atoms with Crippen molar-refractivity contribution in [3.8, 4) is 0 Å². The van der Waals surface area contributed by atoms with Crippen LogP contribution in [0.15, 0.2) is 42.5 Å². The molecule has 1 aliphatic rings. The molecule has 3 rings (SSSR count). The number of amides is 2. The molecule has 36 heavy (non-hydrogen) atoms. The van der Waals surface area contributed by atoms with E-state index in [0.29, 0.717) is 25.2 Å². The smallest absolute Gasteiger partial charge is 0.407 e. The monoisotopic (exact) mass is 518 g/mol. The molecule has 12 heteroatoms. The Balaban J connectivity index is 1.49. The lowest BCUT2D eigenvalue weighted by molar-refractivity contribution is -0.384. The summed E-state index contributed by atoms with van der Waals surface area (Å²) in [7, 11) is 0. The number of nitrogens with one attached hydrogen (secondary N) is 2. The van der Waals surface area contributed by atoms with E-state index in [1.54, 1.807) is 18.2 Å². The second kappa shape index (κ2) is 13.5. The van der Waals surface area contributed by atoms with Crippen molar-refractivity contribution in [2.75, 3.05) is 46.0 Å². The van der Waals surface area contributed by atoms with Crippen LogP contribution in [0.1, 0.15) is 27.9 Å². The first-order valence-electron chi connectivity index (χ1n) is 11.4. The molecule has 0 saturated carbocycles. The van der Waals surface area contributed by atoms with Gasteiger partial charge in [-0.3, -0.25) is 24.6 Å². The fraction of sp³-hybridized carbons (Fsp3) is 0.375. The molecule has 0 aliphatic carbocycles. The molecule has 2 aromatic carbocycles. The Labute approximate surface area is 212 Å². The summed E-state index contributed by atoms with van der Waals surface area (Å²) in [5, 5.41) is 16.4. The lowest BCUT2D eigenvalue weighted by Crippen LogP contribution is -2.38. The molecule has 2 amide bonds. The van der Waals surface area contributed by atoms with Crippen molar-refractivity contribution in [2.45, 2.75) is 13.0 Å².